The number of halogens is 1. The molecule has 3 nitrogen and oxygen atoms in total. The Balaban J connectivity index is 2.86. The van der Waals surface area contributed by atoms with E-state index in [1.54, 1.807) is 6.20 Å². The van der Waals surface area contributed by atoms with E-state index in [2.05, 4.69) is 26.1 Å². The summed E-state index contributed by atoms with van der Waals surface area (Å²) in [6.07, 6.45) is 1.76. The van der Waals surface area contributed by atoms with Crippen molar-refractivity contribution in [2.45, 2.75) is 0 Å². The third-order valence-electron chi connectivity index (χ3n) is 1.56. The van der Waals surface area contributed by atoms with Gasteiger partial charge in [-0.1, -0.05) is 0 Å². The first-order valence-corrected chi connectivity index (χ1v) is 3.95. The van der Waals surface area contributed by atoms with Gasteiger partial charge in [-0.25, -0.2) is 0 Å². The van der Waals surface area contributed by atoms with Gasteiger partial charge in [0.2, 0.25) is 0 Å². The standard InChI is InChI=1S/C7H6BrN3/c8-5-1-4-3-10-11-7(4)2-6(5)9/h1-3H,9H2,(H,10,11). The lowest BCUT2D eigenvalue weighted by molar-refractivity contribution is 1.12. The molecule has 3 N–H and O–H groups in total. The van der Waals surface area contributed by atoms with Gasteiger partial charge < -0.3 is 5.73 Å². The quantitative estimate of drug-likeness (QED) is 0.655. The topological polar surface area (TPSA) is 54.7 Å². The van der Waals surface area contributed by atoms with Gasteiger partial charge in [-0.2, -0.15) is 5.10 Å². The number of nitrogens with two attached hydrogens (primary N) is 1. The van der Waals surface area contributed by atoms with Crippen molar-refractivity contribution in [3.05, 3.63) is 22.8 Å². The van der Waals surface area contributed by atoms with Crippen LogP contribution in [0, 0.1) is 0 Å². The number of rotatable bonds is 0. The lowest BCUT2D eigenvalue weighted by Crippen LogP contribution is -1.85. The third-order valence-corrected chi connectivity index (χ3v) is 2.24. The monoisotopic (exact) mass is 211 g/mol. The number of aromatic nitrogens is 2. The van der Waals surface area contributed by atoms with Crippen molar-refractivity contribution in [1.29, 1.82) is 0 Å². The van der Waals surface area contributed by atoms with E-state index in [0.717, 1.165) is 21.1 Å². The van der Waals surface area contributed by atoms with Gasteiger partial charge in [0.05, 0.1) is 11.7 Å². The molecule has 1 aromatic carbocycles. The molecule has 0 spiro atoms. The molecule has 11 heavy (non-hydrogen) atoms. The van der Waals surface area contributed by atoms with E-state index in [1.165, 1.54) is 0 Å². The summed E-state index contributed by atoms with van der Waals surface area (Å²) < 4.78 is 0.909. The number of hydrogen-bond donors (Lipinski definition) is 2. The minimum atomic E-state index is 0.724. The molecule has 0 aliphatic heterocycles. The molecule has 2 aromatic rings. The molecular weight excluding hydrogens is 206 g/mol. The highest BCUT2D eigenvalue weighted by molar-refractivity contribution is 9.10. The Morgan fingerprint density at radius 1 is 1.45 bits per heavy atom. The number of H-pyrrole nitrogens is 1. The zero-order valence-corrected chi connectivity index (χ0v) is 7.22. The Hall–Kier alpha value is -1.03. The fourth-order valence-corrected chi connectivity index (χ4v) is 1.34. The number of anilines is 1. The van der Waals surface area contributed by atoms with Crippen LogP contribution in [0.3, 0.4) is 0 Å². The zero-order chi connectivity index (χ0) is 7.84. The Kier molecular flexibility index (Phi) is 1.35. The molecule has 0 unspecified atom stereocenters. The molecule has 0 saturated heterocycles. The van der Waals surface area contributed by atoms with Crippen LogP contribution in [0.5, 0.6) is 0 Å². The number of aromatic amines is 1. The van der Waals surface area contributed by atoms with Gasteiger partial charge in [-0.15, -0.1) is 0 Å². The van der Waals surface area contributed by atoms with Crippen molar-refractivity contribution in [2.24, 2.45) is 0 Å². The van der Waals surface area contributed by atoms with Gasteiger partial charge in [0.1, 0.15) is 0 Å². The van der Waals surface area contributed by atoms with Crippen molar-refractivity contribution in [3.8, 4) is 0 Å². The number of nitrogen functional groups attached to an aromatic ring is 1. The fourth-order valence-electron chi connectivity index (χ4n) is 0.980. The summed E-state index contributed by atoms with van der Waals surface area (Å²) in [4.78, 5) is 0. The Morgan fingerprint density at radius 3 is 3.09 bits per heavy atom. The van der Waals surface area contributed by atoms with E-state index >= 15 is 0 Å². The molecule has 0 radical (unpaired) electrons. The summed E-state index contributed by atoms with van der Waals surface area (Å²) >= 11 is 3.33. The van der Waals surface area contributed by atoms with Crippen LogP contribution in [0.2, 0.25) is 0 Å². The molecule has 4 heteroatoms. The van der Waals surface area contributed by atoms with Crippen LogP contribution in [0.25, 0.3) is 10.9 Å². The first kappa shape index (κ1) is 6.67. The van der Waals surface area contributed by atoms with Crippen molar-refractivity contribution in [3.63, 3.8) is 0 Å². The van der Waals surface area contributed by atoms with Crippen LogP contribution < -0.4 is 5.73 Å². The highest BCUT2D eigenvalue weighted by Crippen LogP contribution is 2.24. The summed E-state index contributed by atoms with van der Waals surface area (Å²) in [5.74, 6) is 0. The lowest BCUT2D eigenvalue weighted by atomic mass is 10.2. The molecule has 0 amide bonds. The van der Waals surface area contributed by atoms with Crippen molar-refractivity contribution in [1.82, 2.24) is 10.2 Å². The fraction of sp³-hybridized carbons (Fsp3) is 0. The molecule has 0 fully saturated rings. The van der Waals surface area contributed by atoms with Gasteiger partial charge >= 0.3 is 0 Å². The number of nitrogens with zero attached hydrogens (tertiary/aromatic N) is 1. The maximum Gasteiger partial charge on any atom is 0.0671 e. The average molecular weight is 212 g/mol. The average Bonchev–Trinajstić information content (AvgIpc) is 2.36. The maximum absolute atomic E-state index is 5.65. The molecule has 1 aromatic heterocycles. The zero-order valence-electron chi connectivity index (χ0n) is 5.63. The summed E-state index contributed by atoms with van der Waals surface area (Å²) in [6, 6.07) is 3.79. The predicted octanol–water partition coefficient (Wildman–Crippen LogP) is 1.91. The minimum absolute atomic E-state index is 0.724. The first-order valence-electron chi connectivity index (χ1n) is 3.15. The molecule has 0 aliphatic rings. The molecule has 56 valence electrons. The molecule has 0 atom stereocenters. The number of hydrogen-bond acceptors (Lipinski definition) is 2. The van der Waals surface area contributed by atoms with Gasteiger partial charge in [0.25, 0.3) is 0 Å². The normalized spacial score (nSPS) is 10.6. The van der Waals surface area contributed by atoms with Crippen LogP contribution in [-0.2, 0) is 0 Å². The second-order valence-corrected chi connectivity index (χ2v) is 3.19. The van der Waals surface area contributed by atoms with E-state index in [9.17, 15) is 0 Å². The number of nitrogens with one attached hydrogen (secondary N) is 1. The van der Waals surface area contributed by atoms with Crippen LogP contribution in [0.1, 0.15) is 0 Å². The van der Waals surface area contributed by atoms with E-state index in [4.69, 9.17) is 5.73 Å². The van der Waals surface area contributed by atoms with Crippen LogP contribution >= 0.6 is 15.9 Å². The molecular formula is C7H6BrN3. The summed E-state index contributed by atoms with van der Waals surface area (Å²) in [5.41, 5.74) is 7.34. The molecule has 0 bridgehead atoms. The van der Waals surface area contributed by atoms with Crippen LogP contribution in [0.15, 0.2) is 22.8 Å². The highest BCUT2D eigenvalue weighted by atomic mass is 79.9. The Labute approximate surface area is 71.7 Å². The molecule has 2 rings (SSSR count). The lowest BCUT2D eigenvalue weighted by Gasteiger charge is -1.95. The van der Waals surface area contributed by atoms with Crippen molar-refractivity contribution >= 4 is 32.5 Å². The van der Waals surface area contributed by atoms with E-state index in [0.29, 0.717) is 0 Å². The SMILES string of the molecule is Nc1cc2[nH]ncc2cc1Br. The van der Waals surface area contributed by atoms with Gasteiger partial charge in [-0.3, -0.25) is 5.10 Å². The van der Waals surface area contributed by atoms with E-state index in [-0.39, 0.29) is 0 Å². The van der Waals surface area contributed by atoms with Gasteiger partial charge in [0.15, 0.2) is 0 Å². The largest absolute Gasteiger partial charge is 0.398 e. The number of benzene rings is 1. The van der Waals surface area contributed by atoms with Crippen LogP contribution in [-0.4, -0.2) is 10.2 Å². The third kappa shape index (κ3) is 0.991. The number of fused-ring (bicyclic) bond motifs is 1. The minimum Gasteiger partial charge on any atom is -0.398 e. The summed E-state index contributed by atoms with van der Waals surface area (Å²) in [7, 11) is 0. The smallest absolute Gasteiger partial charge is 0.0671 e. The van der Waals surface area contributed by atoms with Crippen LogP contribution in [0.4, 0.5) is 5.69 Å². The van der Waals surface area contributed by atoms with Crippen molar-refractivity contribution in [2.75, 3.05) is 5.73 Å². The molecule has 0 saturated carbocycles. The van der Waals surface area contributed by atoms with Crippen molar-refractivity contribution < 1.29 is 0 Å². The maximum atomic E-state index is 5.65. The van der Waals surface area contributed by atoms with E-state index < -0.39 is 0 Å². The predicted molar refractivity (Wildman–Crippen MR) is 48.2 cm³/mol. The second-order valence-electron chi connectivity index (χ2n) is 2.33. The Bertz CT molecular complexity index is 357. The highest BCUT2D eigenvalue weighted by Gasteiger charge is 1.99. The summed E-state index contributed by atoms with van der Waals surface area (Å²) in [5, 5.41) is 7.78. The summed E-state index contributed by atoms with van der Waals surface area (Å²) in [6.45, 7) is 0. The van der Waals surface area contributed by atoms with E-state index in [1.807, 2.05) is 12.1 Å². The second kappa shape index (κ2) is 2.23. The van der Waals surface area contributed by atoms with Gasteiger partial charge in [0, 0.05) is 15.5 Å². The Morgan fingerprint density at radius 2 is 2.27 bits per heavy atom. The van der Waals surface area contributed by atoms with Gasteiger partial charge in [-0.05, 0) is 28.1 Å². The first-order chi connectivity index (χ1) is 5.27. The molecule has 1 heterocycles. The molecule has 0 aliphatic carbocycles.